The third-order valence-corrected chi connectivity index (χ3v) is 15.5. The van der Waals surface area contributed by atoms with E-state index >= 15 is 0 Å². The minimum absolute atomic E-state index is 0.0623. The smallest absolute Gasteiger partial charge is 0.192 e. The van der Waals surface area contributed by atoms with Gasteiger partial charge in [-0.25, -0.2) is 0 Å². The van der Waals surface area contributed by atoms with Crippen LogP contribution in [0, 0.1) is 17.8 Å². The molecule has 0 amide bonds. The summed E-state index contributed by atoms with van der Waals surface area (Å²) in [6.07, 6.45) is 3.78. The molecule has 0 saturated carbocycles. The number of ether oxygens (including phenoxy) is 3. The second-order valence-corrected chi connectivity index (χ2v) is 26.2. The summed E-state index contributed by atoms with van der Waals surface area (Å²) in [5.74, 6) is 1.47. The number of aliphatic hydroxyl groups excluding tert-OH is 1. The summed E-state index contributed by atoms with van der Waals surface area (Å²) in [7, 11) is -1.72. The molecule has 0 unspecified atom stereocenters. The quantitative estimate of drug-likeness (QED) is 0.133. The molecule has 0 saturated heterocycles. The molecule has 2 aromatic rings. The minimum Gasteiger partial charge on any atom is -0.497 e. The fourth-order valence-electron chi connectivity index (χ4n) is 5.55. The maximum Gasteiger partial charge on any atom is 0.192 e. The maximum atomic E-state index is 11.2. The Morgan fingerprint density at radius 3 is 1.81 bits per heavy atom. The van der Waals surface area contributed by atoms with E-state index in [2.05, 4.69) is 104 Å². The van der Waals surface area contributed by atoms with Gasteiger partial charge in [-0.2, -0.15) is 0 Å². The number of aliphatic hydroxyl groups is 1. The average Bonchev–Trinajstić information content (AvgIpc) is 3.00. The zero-order chi connectivity index (χ0) is 35.3. The molecular weight excluding hydrogens is 617 g/mol. The van der Waals surface area contributed by atoms with E-state index in [1.54, 1.807) is 7.11 Å². The van der Waals surface area contributed by atoms with Gasteiger partial charge in [-0.3, -0.25) is 0 Å². The van der Waals surface area contributed by atoms with Gasteiger partial charge in [0.1, 0.15) is 5.75 Å². The first-order valence-corrected chi connectivity index (χ1v) is 24.3. The molecule has 5 nitrogen and oxygen atoms in total. The third-order valence-electron chi connectivity index (χ3n) is 9.73. The zero-order valence-electron chi connectivity index (χ0n) is 31.9. The van der Waals surface area contributed by atoms with Crippen LogP contribution in [0.5, 0.6) is 5.75 Å². The van der Waals surface area contributed by atoms with Gasteiger partial charge in [0.2, 0.25) is 0 Å². The van der Waals surface area contributed by atoms with Crippen LogP contribution in [0.3, 0.4) is 0 Å². The Morgan fingerprint density at radius 2 is 1.28 bits per heavy atom. The number of rotatable bonds is 21. The van der Waals surface area contributed by atoms with Gasteiger partial charge < -0.3 is 23.7 Å². The summed E-state index contributed by atoms with van der Waals surface area (Å²) >= 11 is 0. The lowest BCUT2D eigenvalue weighted by Crippen LogP contribution is -2.46. The predicted octanol–water partition coefficient (Wildman–Crippen LogP) is 10.5. The van der Waals surface area contributed by atoms with Gasteiger partial charge in [-0.05, 0) is 78.9 Å². The van der Waals surface area contributed by atoms with E-state index in [9.17, 15) is 5.11 Å². The predicted molar refractivity (Wildman–Crippen MR) is 204 cm³/mol. The van der Waals surface area contributed by atoms with Crippen LogP contribution in [0.2, 0.25) is 37.8 Å². The first-order chi connectivity index (χ1) is 21.9. The lowest BCUT2D eigenvalue weighted by Gasteiger charge is -2.41. The lowest BCUT2D eigenvalue weighted by molar-refractivity contribution is 0.00211. The molecule has 0 radical (unpaired) electrons. The highest BCUT2D eigenvalue weighted by molar-refractivity contribution is 6.81. The minimum atomic E-state index is -1.97. The van der Waals surface area contributed by atoms with Gasteiger partial charge in [-0.1, -0.05) is 115 Å². The summed E-state index contributed by atoms with van der Waals surface area (Å²) < 4.78 is 24.5. The number of hydrogen-bond donors (Lipinski definition) is 1. The van der Waals surface area contributed by atoms with Crippen molar-refractivity contribution in [1.29, 1.82) is 0 Å². The number of allylic oxidation sites excluding steroid dienone is 1. The monoisotopic (exact) mass is 684 g/mol. The van der Waals surface area contributed by atoms with Crippen molar-refractivity contribution in [1.82, 2.24) is 0 Å². The van der Waals surface area contributed by atoms with Crippen LogP contribution in [0.1, 0.15) is 78.4 Å². The molecule has 266 valence electrons. The van der Waals surface area contributed by atoms with Gasteiger partial charge >= 0.3 is 0 Å². The Balaban J connectivity index is 1.98. The number of benzene rings is 2. The first-order valence-electron chi connectivity index (χ1n) is 17.8. The average molecular weight is 685 g/mol. The van der Waals surface area contributed by atoms with E-state index in [4.69, 9.17) is 18.6 Å². The zero-order valence-corrected chi connectivity index (χ0v) is 33.9. The summed E-state index contributed by atoms with van der Waals surface area (Å²) in [5.41, 5.74) is 6.43. The van der Waals surface area contributed by atoms with E-state index in [0.29, 0.717) is 32.3 Å². The molecule has 0 aliphatic heterocycles. The van der Waals surface area contributed by atoms with E-state index < -0.39 is 22.5 Å². The molecule has 5 atom stereocenters. The van der Waals surface area contributed by atoms with Gasteiger partial charge in [0, 0.05) is 5.92 Å². The van der Waals surface area contributed by atoms with Crippen LogP contribution in [0.25, 0.3) is 0 Å². The van der Waals surface area contributed by atoms with E-state index in [1.165, 1.54) is 11.1 Å². The summed E-state index contributed by atoms with van der Waals surface area (Å²) in [5, 5.41) is 11.3. The van der Waals surface area contributed by atoms with E-state index in [1.807, 2.05) is 30.3 Å². The Kier molecular flexibility index (Phi) is 17.1. The Bertz CT molecular complexity index is 1170. The van der Waals surface area contributed by atoms with E-state index in [0.717, 1.165) is 37.0 Å². The van der Waals surface area contributed by atoms with Crippen LogP contribution in [-0.4, -0.2) is 54.0 Å². The van der Waals surface area contributed by atoms with E-state index in [-0.39, 0.29) is 23.0 Å². The lowest BCUT2D eigenvalue weighted by atomic mass is 9.88. The summed E-state index contributed by atoms with van der Waals surface area (Å²) in [4.78, 5) is 0. The Morgan fingerprint density at radius 1 is 0.745 bits per heavy atom. The molecule has 0 bridgehead atoms. The van der Waals surface area contributed by atoms with Crippen LogP contribution in [-0.2, 0) is 27.1 Å². The van der Waals surface area contributed by atoms with Crippen molar-refractivity contribution < 1.29 is 23.7 Å². The molecular formula is C40H68O5Si2. The molecule has 0 aliphatic carbocycles. The van der Waals surface area contributed by atoms with Crippen LogP contribution < -0.4 is 4.74 Å². The molecule has 0 spiro atoms. The van der Waals surface area contributed by atoms with Crippen LogP contribution in [0.4, 0.5) is 0 Å². The van der Waals surface area contributed by atoms with Crippen molar-refractivity contribution in [3.63, 3.8) is 0 Å². The van der Waals surface area contributed by atoms with Crippen LogP contribution in [0.15, 0.2) is 65.9 Å². The molecule has 2 aromatic carbocycles. The fourth-order valence-corrected chi connectivity index (χ4v) is 8.47. The van der Waals surface area contributed by atoms with Gasteiger partial charge in [-0.15, -0.1) is 0 Å². The molecule has 0 aromatic heterocycles. The molecule has 0 fully saturated rings. The summed E-state index contributed by atoms with van der Waals surface area (Å²) in [6.45, 7) is 27.8. The summed E-state index contributed by atoms with van der Waals surface area (Å²) in [6, 6.07) is 18.4. The normalized spacial score (nSPS) is 16.4. The van der Waals surface area contributed by atoms with Crippen molar-refractivity contribution >= 4 is 16.4 Å². The van der Waals surface area contributed by atoms with Gasteiger partial charge in [0.15, 0.2) is 8.32 Å². The SMILES string of the molecule is COc1ccc(COC[C@H](C)[C@H](O)[C@H](C)CC/C(=C/[Si](C)(C)C)CC[C@@H](C)[C@H](COCc2ccccc2)O[Si](C)(C)C(C)(C)C)cc1. The standard InChI is InChI=1S/C40H68O5Si2/c1-31(38(45-47(11,12)40(4,5)6)29-44-27-34-16-14-13-15-17-34)18-20-36(30-46(8,9)10)21-19-32(2)39(41)33(3)26-43-28-35-22-24-37(42-7)25-23-35/h13-17,22-25,30-33,38-39,41H,18-21,26-29H2,1-12H3/b36-30+/t31-,32-,33+,38+,39-/m1/s1. The van der Waals surface area contributed by atoms with Crippen LogP contribution >= 0.6 is 0 Å². The fraction of sp³-hybridized carbons (Fsp3) is 0.650. The number of methoxy groups -OCH3 is 1. The van der Waals surface area contributed by atoms with Crippen molar-refractivity contribution in [3.8, 4) is 5.75 Å². The second kappa shape index (κ2) is 19.4. The maximum absolute atomic E-state index is 11.2. The highest BCUT2D eigenvalue weighted by atomic mass is 28.4. The molecule has 2 rings (SSSR count). The highest BCUT2D eigenvalue weighted by Gasteiger charge is 2.40. The third kappa shape index (κ3) is 15.6. The molecule has 7 heteroatoms. The highest BCUT2D eigenvalue weighted by Crippen LogP contribution is 2.39. The molecule has 1 N–H and O–H groups in total. The van der Waals surface area contributed by atoms with Crippen molar-refractivity contribution in [2.45, 2.75) is 130 Å². The first kappa shape index (κ1) is 41.4. The topological polar surface area (TPSA) is 57.2 Å². The Hall–Kier alpha value is -1.75. The van der Waals surface area contributed by atoms with Crippen molar-refractivity contribution in [2.24, 2.45) is 17.8 Å². The Labute approximate surface area is 290 Å². The number of hydrogen-bond acceptors (Lipinski definition) is 5. The largest absolute Gasteiger partial charge is 0.497 e. The second-order valence-electron chi connectivity index (χ2n) is 16.4. The van der Waals surface area contributed by atoms with Gasteiger partial charge in [0.25, 0.3) is 0 Å². The molecule has 0 heterocycles. The van der Waals surface area contributed by atoms with Gasteiger partial charge in [0.05, 0.1) is 53.8 Å². The van der Waals surface area contributed by atoms with Crippen molar-refractivity contribution in [2.75, 3.05) is 20.3 Å². The van der Waals surface area contributed by atoms with Crippen molar-refractivity contribution in [3.05, 3.63) is 77.0 Å². The molecule has 0 aliphatic rings. The molecule has 47 heavy (non-hydrogen) atoms.